The third kappa shape index (κ3) is 4.23. The summed E-state index contributed by atoms with van der Waals surface area (Å²) in [4.78, 5) is 0. The lowest BCUT2D eigenvalue weighted by Crippen LogP contribution is -2.29. The minimum atomic E-state index is -3.08. The van der Waals surface area contributed by atoms with Crippen LogP contribution in [0, 0.1) is 5.41 Å². The van der Waals surface area contributed by atoms with Gasteiger partial charge in [-0.25, -0.2) is 0 Å². The topological polar surface area (TPSA) is 55.8 Å². The molecule has 0 unspecified atom stereocenters. The van der Waals surface area contributed by atoms with Crippen molar-refractivity contribution in [2.45, 2.75) is 26.9 Å². The summed E-state index contributed by atoms with van der Waals surface area (Å²) in [5, 5.41) is 9.65. The SMILES string of the molecule is COP(=O)(C[C@H](O)C(C)(C)C)OC. The maximum Gasteiger partial charge on any atom is 0.332 e. The summed E-state index contributed by atoms with van der Waals surface area (Å²) >= 11 is 0. The van der Waals surface area contributed by atoms with Gasteiger partial charge in [0, 0.05) is 14.2 Å². The zero-order valence-corrected chi connectivity index (χ0v) is 9.80. The third-order valence-corrected chi connectivity index (χ3v) is 3.86. The highest BCUT2D eigenvalue weighted by Gasteiger charge is 2.32. The molecule has 13 heavy (non-hydrogen) atoms. The Morgan fingerprint density at radius 1 is 1.31 bits per heavy atom. The Labute approximate surface area is 79.8 Å². The monoisotopic (exact) mass is 210 g/mol. The van der Waals surface area contributed by atoms with Crippen LogP contribution in [-0.2, 0) is 13.6 Å². The summed E-state index contributed by atoms with van der Waals surface area (Å²) in [6.45, 7) is 5.61. The second kappa shape index (κ2) is 4.56. The Hall–Kier alpha value is 0.110. The molecule has 0 aromatic heterocycles. The summed E-state index contributed by atoms with van der Waals surface area (Å²) < 4.78 is 21.1. The highest BCUT2D eigenvalue weighted by molar-refractivity contribution is 7.53. The molecule has 5 heteroatoms. The summed E-state index contributed by atoms with van der Waals surface area (Å²) in [7, 11) is -0.446. The number of hydrogen-bond donors (Lipinski definition) is 1. The zero-order chi connectivity index (χ0) is 10.7. The lowest BCUT2D eigenvalue weighted by Gasteiger charge is -2.27. The number of rotatable bonds is 4. The van der Waals surface area contributed by atoms with Gasteiger partial charge in [0.05, 0.1) is 12.3 Å². The van der Waals surface area contributed by atoms with Crippen molar-refractivity contribution in [1.29, 1.82) is 0 Å². The summed E-state index contributed by atoms with van der Waals surface area (Å²) in [5.41, 5.74) is -0.313. The minimum absolute atomic E-state index is 0.0312. The molecule has 0 aliphatic heterocycles. The van der Waals surface area contributed by atoms with Gasteiger partial charge < -0.3 is 14.2 Å². The number of aliphatic hydroxyl groups is 1. The highest BCUT2D eigenvalue weighted by Crippen LogP contribution is 2.48. The van der Waals surface area contributed by atoms with Crippen molar-refractivity contribution in [3.05, 3.63) is 0 Å². The molecule has 0 saturated heterocycles. The van der Waals surface area contributed by atoms with Crippen molar-refractivity contribution in [2.24, 2.45) is 5.41 Å². The van der Waals surface area contributed by atoms with E-state index in [4.69, 9.17) is 9.05 Å². The summed E-state index contributed by atoms with van der Waals surface area (Å²) in [6, 6.07) is 0. The third-order valence-electron chi connectivity index (χ3n) is 1.95. The Balaban J connectivity index is 4.35. The lowest BCUT2D eigenvalue weighted by atomic mass is 9.90. The predicted octanol–water partition coefficient (Wildman–Crippen LogP) is 1.88. The first kappa shape index (κ1) is 13.1. The number of hydrogen-bond acceptors (Lipinski definition) is 4. The van der Waals surface area contributed by atoms with Gasteiger partial charge in [0.15, 0.2) is 0 Å². The normalized spacial score (nSPS) is 15.8. The van der Waals surface area contributed by atoms with Crippen LogP contribution in [0.3, 0.4) is 0 Å². The Kier molecular flexibility index (Phi) is 4.60. The first-order valence-corrected chi connectivity index (χ1v) is 5.86. The molecule has 0 aliphatic carbocycles. The fourth-order valence-corrected chi connectivity index (χ4v) is 2.13. The van der Waals surface area contributed by atoms with Gasteiger partial charge in [-0.2, -0.15) is 0 Å². The van der Waals surface area contributed by atoms with E-state index in [0.717, 1.165) is 0 Å². The van der Waals surface area contributed by atoms with Gasteiger partial charge in [-0.05, 0) is 5.41 Å². The van der Waals surface area contributed by atoms with E-state index >= 15 is 0 Å². The van der Waals surface area contributed by atoms with Gasteiger partial charge in [0.2, 0.25) is 0 Å². The first-order chi connectivity index (χ1) is 5.75. The van der Waals surface area contributed by atoms with Crippen LogP contribution in [0.2, 0.25) is 0 Å². The fourth-order valence-electron chi connectivity index (χ4n) is 0.709. The molecular weight excluding hydrogens is 191 g/mol. The van der Waals surface area contributed by atoms with Gasteiger partial charge >= 0.3 is 7.60 Å². The molecule has 0 spiro atoms. The van der Waals surface area contributed by atoms with Gasteiger partial charge in [0.25, 0.3) is 0 Å². The first-order valence-electron chi connectivity index (χ1n) is 4.14. The molecule has 0 amide bonds. The quantitative estimate of drug-likeness (QED) is 0.720. The largest absolute Gasteiger partial charge is 0.392 e. The zero-order valence-electron chi connectivity index (χ0n) is 8.90. The molecule has 0 saturated carbocycles. The molecule has 0 radical (unpaired) electrons. The maximum absolute atomic E-state index is 11.6. The predicted molar refractivity (Wildman–Crippen MR) is 52.0 cm³/mol. The van der Waals surface area contributed by atoms with Gasteiger partial charge in [-0.3, -0.25) is 4.57 Å². The van der Waals surface area contributed by atoms with E-state index in [9.17, 15) is 9.67 Å². The van der Waals surface area contributed by atoms with Crippen LogP contribution in [0.25, 0.3) is 0 Å². The molecule has 4 nitrogen and oxygen atoms in total. The van der Waals surface area contributed by atoms with E-state index in [2.05, 4.69) is 0 Å². The van der Waals surface area contributed by atoms with Gasteiger partial charge in [-0.1, -0.05) is 20.8 Å². The maximum atomic E-state index is 11.6. The number of aliphatic hydroxyl groups excluding tert-OH is 1. The fraction of sp³-hybridized carbons (Fsp3) is 1.00. The average Bonchev–Trinajstić information content (AvgIpc) is 2.02. The molecule has 1 N–H and O–H groups in total. The van der Waals surface area contributed by atoms with Crippen molar-refractivity contribution < 1.29 is 18.7 Å². The molecule has 0 heterocycles. The minimum Gasteiger partial charge on any atom is -0.392 e. The van der Waals surface area contributed by atoms with E-state index in [1.165, 1.54) is 14.2 Å². The standard InChI is InChI=1S/C8H19O4P/c1-8(2,3)7(9)6-13(10,11-4)12-5/h7,9H,6H2,1-5H3/t7-/m0/s1. The summed E-state index contributed by atoms with van der Waals surface area (Å²) in [6.07, 6.45) is -0.665. The van der Waals surface area contributed by atoms with Crippen LogP contribution in [0.5, 0.6) is 0 Å². The summed E-state index contributed by atoms with van der Waals surface area (Å²) in [5.74, 6) is 0. The molecular formula is C8H19O4P. The van der Waals surface area contributed by atoms with Crippen LogP contribution in [-0.4, -0.2) is 31.6 Å². The van der Waals surface area contributed by atoms with Crippen LogP contribution in [0.15, 0.2) is 0 Å². The smallest absolute Gasteiger partial charge is 0.332 e. The van der Waals surface area contributed by atoms with Crippen molar-refractivity contribution in [1.82, 2.24) is 0 Å². The molecule has 0 bridgehead atoms. The second-order valence-electron chi connectivity index (χ2n) is 4.04. The molecule has 0 fully saturated rings. The van der Waals surface area contributed by atoms with Crippen LogP contribution in [0.1, 0.15) is 20.8 Å². The molecule has 1 atom stereocenters. The van der Waals surface area contributed by atoms with Crippen LogP contribution >= 0.6 is 7.60 Å². The molecule has 0 aliphatic rings. The lowest BCUT2D eigenvalue weighted by molar-refractivity contribution is 0.0761. The van der Waals surface area contributed by atoms with Gasteiger partial charge in [0.1, 0.15) is 0 Å². The van der Waals surface area contributed by atoms with Crippen molar-refractivity contribution in [3.8, 4) is 0 Å². The van der Waals surface area contributed by atoms with E-state index in [1.807, 2.05) is 20.8 Å². The van der Waals surface area contributed by atoms with E-state index in [1.54, 1.807) is 0 Å². The second-order valence-corrected chi connectivity index (χ2v) is 6.36. The Morgan fingerprint density at radius 2 is 1.69 bits per heavy atom. The molecule has 80 valence electrons. The van der Waals surface area contributed by atoms with Crippen molar-refractivity contribution in [3.63, 3.8) is 0 Å². The molecule has 0 aromatic rings. The van der Waals surface area contributed by atoms with E-state index < -0.39 is 13.7 Å². The van der Waals surface area contributed by atoms with E-state index in [-0.39, 0.29) is 11.6 Å². The van der Waals surface area contributed by atoms with Crippen molar-refractivity contribution >= 4 is 7.60 Å². The van der Waals surface area contributed by atoms with E-state index in [0.29, 0.717) is 0 Å². The highest BCUT2D eigenvalue weighted by atomic mass is 31.2. The average molecular weight is 210 g/mol. The van der Waals surface area contributed by atoms with Crippen LogP contribution in [0.4, 0.5) is 0 Å². The Morgan fingerprint density at radius 3 is 1.92 bits per heavy atom. The van der Waals surface area contributed by atoms with Crippen molar-refractivity contribution in [2.75, 3.05) is 20.4 Å². The van der Waals surface area contributed by atoms with Crippen LogP contribution < -0.4 is 0 Å². The molecule has 0 aromatic carbocycles. The van der Waals surface area contributed by atoms with Gasteiger partial charge in [-0.15, -0.1) is 0 Å². The Bertz CT molecular complexity index is 189. The molecule has 0 rings (SSSR count).